The van der Waals surface area contributed by atoms with Crippen molar-refractivity contribution < 1.29 is 14.4 Å². The summed E-state index contributed by atoms with van der Waals surface area (Å²) in [6, 6.07) is 29.2. The molecular weight excluding hydrogens is 372 g/mol. The summed E-state index contributed by atoms with van der Waals surface area (Å²) in [4.78, 5) is 16.4. The minimum atomic E-state index is 0.105. The maximum atomic E-state index is 13.0. The number of piperazine rings is 1. The molecule has 1 heterocycles. The molecule has 3 aromatic rings. The Balaban J connectivity index is 1.46. The minimum absolute atomic E-state index is 0.105. The topological polar surface area (TPSA) is 34.0 Å². The molecule has 1 amide bonds. The van der Waals surface area contributed by atoms with Crippen LogP contribution in [0.2, 0.25) is 0 Å². The Morgan fingerprint density at radius 3 is 1.90 bits per heavy atom. The second kappa shape index (κ2) is 9.59. The summed E-state index contributed by atoms with van der Waals surface area (Å²) in [7, 11) is 0. The first-order chi connectivity index (χ1) is 14.8. The van der Waals surface area contributed by atoms with Crippen molar-refractivity contribution in [3.8, 4) is 5.75 Å². The number of nitrogens with one attached hydrogen (secondary N) is 1. The van der Waals surface area contributed by atoms with E-state index >= 15 is 0 Å². The molecule has 1 aliphatic heterocycles. The summed E-state index contributed by atoms with van der Waals surface area (Å²) in [6.07, 6.45) is 0. The fourth-order valence-corrected chi connectivity index (χ4v) is 4.28. The maximum absolute atomic E-state index is 13.0. The van der Waals surface area contributed by atoms with E-state index in [1.807, 2.05) is 36.1 Å². The highest BCUT2D eigenvalue weighted by molar-refractivity contribution is 5.94. The molecule has 30 heavy (non-hydrogen) atoms. The normalized spacial score (nSPS) is 14.7. The van der Waals surface area contributed by atoms with Gasteiger partial charge in [0.25, 0.3) is 5.91 Å². The predicted molar refractivity (Wildman–Crippen MR) is 119 cm³/mol. The minimum Gasteiger partial charge on any atom is -0.494 e. The SMILES string of the molecule is CCOc1ccc(C(=O)N2CC[NH+](C(c3ccccc3)c3ccccc3)CC2)cc1. The molecule has 0 spiro atoms. The van der Waals surface area contributed by atoms with Crippen LogP contribution in [0, 0.1) is 0 Å². The molecule has 3 aromatic carbocycles. The third-order valence-corrected chi connectivity index (χ3v) is 5.78. The Kier molecular flexibility index (Phi) is 6.45. The fourth-order valence-electron chi connectivity index (χ4n) is 4.28. The highest BCUT2D eigenvalue weighted by Gasteiger charge is 2.31. The van der Waals surface area contributed by atoms with Crippen molar-refractivity contribution in [2.75, 3.05) is 32.8 Å². The molecular formula is C26H29N2O2+. The lowest BCUT2D eigenvalue weighted by Crippen LogP contribution is -3.15. The summed E-state index contributed by atoms with van der Waals surface area (Å²) in [5.41, 5.74) is 3.37. The number of hydrogen-bond acceptors (Lipinski definition) is 2. The first-order valence-corrected chi connectivity index (χ1v) is 10.7. The molecule has 154 valence electrons. The molecule has 4 heteroatoms. The Morgan fingerprint density at radius 1 is 0.867 bits per heavy atom. The van der Waals surface area contributed by atoms with Crippen LogP contribution < -0.4 is 9.64 Å². The largest absolute Gasteiger partial charge is 0.494 e. The zero-order valence-electron chi connectivity index (χ0n) is 17.5. The Hall–Kier alpha value is -3.11. The standard InChI is InChI=1S/C26H28N2O2/c1-2-30-24-15-13-23(14-16-24)26(29)28-19-17-27(18-20-28)25(21-9-5-3-6-10-21)22-11-7-4-8-12-22/h3-16,25H,2,17-20H2,1H3/p+1. The van der Waals surface area contributed by atoms with Crippen LogP contribution in [0.1, 0.15) is 34.5 Å². The third kappa shape index (κ3) is 4.55. The van der Waals surface area contributed by atoms with Gasteiger partial charge in [0.2, 0.25) is 0 Å². The molecule has 4 rings (SSSR count). The second-order valence-electron chi connectivity index (χ2n) is 7.66. The first kappa shape index (κ1) is 20.2. The molecule has 0 radical (unpaired) electrons. The summed E-state index contributed by atoms with van der Waals surface area (Å²) < 4.78 is 5.48. The molecule has 0 atom stereocenters. The number of carbonyl (C=O) groups excluding carboxylic acids is 1. The summed E-state index contributed by atoms with van der Waals surface area (Å²) in [5, 5.41) is 0. The zero-order chi connectivity index (χ0) is 20.8. The highest BCUT2D eigenvalue weighted by Crippen LogP contribution is 2.20. The van der Waals surface area contributed by atoms with Crippen LogP contribution in [0.4, 0.5) is 0 Å². The molecule has 1 N–H and O–H groups in total. The smallest absolute Gasteiger partial charge is 0.254 e. The number of quaternary nitrogens is 1. The highest BCUT2D eigenvalue weighted by atomic mass is 16.5. The predicted octanol–water partition coefficient (Wildman–Crippen LogP) is 3.22. The van der Waals surface area contributed by atoms with Gasteiger partial charge in [-0.1, -0.05) is 60.7 Å². The number of rotatable bonds is 6. The Morgan fingerprint density at radius 2 is 1.40 bits per heavy atom. The molecule has 0 aromatic heterocycles. The number of nitrogens with zero attached hydrogens (tertiary/aromatic N) is 1. The van der Waals surface area contributed by atoms with Gasteiger partial charge in [0, 0.05) is 16.7 Å². The molecule has 4 nitrogen and oxygen atoms in total. The summed E-state index contributed by atoms with van der Waals surface area (Å²) >= 11 is 0. The van der Waals surface area contributed by atoms with E-state index in [1.165, 1.54) is 16.0 Å². The lowest BCUT2D eigenvalue weighted by Gasteiger charge is -2.37. The van der Waals surface area contributed by atoms with Crippen molar-refractivity contribution in [2.45, 2.75) is 13.0 Å². The van der Waals surface area contributed by atoms with Gasteiger partial charge in [-0.2, -0.15) is 0 Å². The van der Waals surface area contributed by atoms with Crippen LogP contribution in [0.15, 0.2) is 84.9 Å². The van der Waals surface area contributed by atoms with Gasteiger partial charge in [0.1, 0.15) is 11.8 Å². The van der Waals surface area contributed by atoms with E-state index in [9.17, 15) is 4.79 Å². The van der Waals surface area contributed by atoms with Crippen LogP contribution in [-0.2, 0) is 0 Å². The molecule has 1 saturated heterocycles. The fraction of sp³-hybridized carbons (Fsp3) is 0.269. The Labute approximate surface area is 178 Å². The van der Waals surface area contributed by atoms with E-state index in [0.29, 0.717) is 6.61 Å². The van der Waals surface area contributed by atoms with E-state index in [0.717, 1.165) is 37.5 Å². The van der Waals surface area contributed by atoms with Crippen LogP contribution in [0.3, 0.4) is 0 Å². The average molecular weight is 402 g/mol. The van der Waals surface area contributed by atoms with E-state index in [4.69, 9.17) is 4.74 Å². The maximum Gasteiger partial charge on any atom is 0.254 e. The molecule has 1 aliphatic rings. The number of amides is 1. The summed E-state index contributed by atoms with van der Waals surface area (Å²) in [5.74, 6) is 0.907. The van der Waals surface area contributed by atoms with Crippen molar-refractivity contribution in [1.82, 2.24) is 4.90 Å². The lowest BCUT2D eigenvalue weighted by molar-refractivity contribution is -0.929. The van der Waals surface area contributed by atoms with E-state index in [1.54, 1.807) is 0 Å². The van der Waals surface area contributed by atoms with Gasteiger partial charge in [0.05, 0.1) is 32.8 Å². The van der Waals surface area contributed by atoms with Gasteiger partial charge in [-0.05, 0) is 31.2 Å². The number of hydrogen-bond donors (Lipinski definition) is 1. The van der Waals surface area contributed by atoms with Gasteiger partial charge >= 0.3 is 0 Å². The van der Waals surface area contributed by atoms with Crippen LogP contribution in [0.5, 0.6) is 5.75 Å². The summed E-state index contributed by atoms with van der Waals surface area (Å²) in [6.45, 7) is 5.96. The van der Waals surface area contributed by atoms with E-state index < -0.39 is 0 Å². The third-order valence-electron chi connectivity index (χ3n) is 5.78. The molecule has 0 unspecified atom stereocenters. The van der Waals surface area contributed by atoms with E-state index in [-0.39, 0.29) is 11.9 Å². The second-order valence-corrected chi connectivity index (χ2v) is 7.66. The number of benzene rings is 3. The monoisotopic (exact) mass is 401 g/mol. The van der Waals surface area contributed by atoms with Gasteiger partial charge in [-0.25, -0.2) is 0 Å². The zero-order valence-corrected chi connectivity index (χ0v) is 17.5. The van der Waals surface area contributed by atoms with Crippen molar-refractivity contribution in [3.63, 3.8) is 0 Å². The molecule has 1 fully saturated rings. The number of carbonyl (C=O) groups is 1. The van der Waals surface area contributed by atoms with Gasteiger partial charge < -0.3 is 14.5 Å². The molecule has 0 aliphatic carbocycles. The van der Waals surface area contributed by atoms with Crippen molar-refractivity contribution in [1.29, 1.82) is 0 Å². The lowest BCUT2D eigenvalue weighted by atomic mass is 9.96. The van der Waals surface area contributed by atoms with Crippen molar-refractivity contribution in [3.05, 3.63) is 102 Å². The van der Waals surface area contributed by atoms with Crippen molar-refractivity contribution >= 4 is 5.91 Å². The van der Waals surface area contributed by atoms with Crippen molar-refractivity contribution in [2.24, 2.45) is 0 Å². The van der Waals surface area contributed by atoms with Gasteiger partial charge in [-0.3, -0.25) is 4.79 Å². The van der Waals surface area contributed by atoms with Crippen LogP contribution in [0.25, 0.3) is 0 Å². The van der Waals surface area contributed by atoms with Crippen LogP contribution in [-0.4, -0.2) is 43.6 Å². The first-order valence-electron chi connectivity index (χ1n) is 10.7. The quantitative estimate of drug-likeness (QED) is 0.688. The van der Waals surface area contributed by atoms with Crippen LogP contribution >= 0.6 is 0 Å². The van der Waals surface area contributed by atoms with Gasteiger partial charge in [0.15, 0.2) is 0 Å². The average Bonchev–Trinajstić information content (AvgIpc) is 2.81. The van der Waals surface area contributed by atoms with Gasteiger partial charge in [-0.15, -0.1) is 0 Å². The molecule has 0 saturated carbocycles. The van der Waals surface area contributed by atoms with E-state index in [2.05, 4.69) is 60.7 Å². The number of ether oxygens (including phenoxy) is 1. The Bertz CT molecular complexity index is 894. The molecule has 0 bridgehead atoms.